The van der Waals surface area contributed by atoms with Crippen LogP contribution in [0.4, 0.5) is 0 Å². The van der Waals surface area contributed by atoms with Crippen molar-refractivity contribution in [2.45, 2.75) is 6.42 Å². The second-order valence-corrected chi connectivity index (χ2v) is 6.38. The summed E-state index contributed by atoms with van der Waals surface area (Å²) in [6.45, 7) is 0.937. The fraction of sp³-hybridized carbons (Fsp3) is 0.118. The van der Waals surface area contributed by atoms with Crippen LogP contribution >= 0.6 is 22.9 Å². The summed E-state index contributed by atoms with van der Waals surface area (Å²) in [6, 6.07) is 10.3. The predicted molar refractivity (Wildman–Crippen MR) is 89.8 cm³/mol. The lowest BCUT2D eigenvalue weighted by molar-refractivity contribution is 0.516. The van der Waals surface area contributed by atoms with Gasteiger partial charge in [-0.15, -0.1) is 11.3 Å². The molecule has 3 heterocycles. The number of benzene rings is 1. The maximum atomic E-state index is 6.36. The van der Waals surface area contributed by atoms with Crippen molar-refractivity contribution in [3.63, 3.8) is 0 Å². The number of fused-ring (bicyclic) bond motifs is 3. The minimum absolute atomic E-state index is 0.857. The Balaban J connectivity index is 1.88. The van der Waals surface area contributed by atoms with Crippen LogP contribution in [-0.4, -0.2) is 17.2 Å². The van der Waals surface area contributed by atoms with Crippen molar-refractivity contribution in [3.05, 3.63) is 75.2 Å². The van der Waals surface area contributed by atoms with Crippen LogP contribution < -0.4 is 0 Å². The van der Waals surface area contributed by atoms with Crippen LogP contribution in [0.5, 0.6) is 0 Å². The SMILES string of the molecule is Clc1cccc2c1CCN1C=CN=C(c3cccs3)C=C21. The molecule has 0 radical (unpaired) electrons. The highest BCUT2D eigenvalue weighted by molar-refractivity contribution is 7.12. The van der Waals surface area contributed by atoms with E-state index in [0.29, 0.717) is 0 Å². The molecule has 0 N–H and O–H groups in total. The van der Waals surface area contributed by atoms with Crippen LogP contribution in [0.25, 0.3) is 5.70 Å². The molecule has 2 aromatic rings. The van der Waals surface area contributed by atoms with E-state index in [-0.39, 0.29) is 0 Å². The molecule has 104 valence electrons. The van der Waals surface area contributed by atoms with Gasteiger partial charge >= 0.3 is 0 Å². The van der Waals surface area contributed by atoms with E-state index in [1.165, 1.54) is 21.7 Å². The molecule has 0 unspecified atom stereocenters. The summed E-state index contributed by atoms with van der Waals surface area (Å²) in [5.74, 6) is 0. The Bertz CT molecular complexity index is 772. The Labute approximate surface area is 132 Å². The molecular weight excluding hydrogens is 300 g/mol. The molecule has 4 heteroatoms. The van der Waals surface area contributed by atoms with Crippen molar-refractivity contribution in [1.29, 1.82) is 0 Å². The summed E-state index contributed by atoms with van der Waals surface area (Å²) in [5, 5.41) is 2.94. The first-order valence-electron chi connectivity index (χ1n) is 6.87. The standard InChI is InChI=1S/C17H13ClN2S/c18-14-4-1-3-13-12(14)6-8-20-9-7-19-15(11-16(13)20)17-5-2-10-21-17/h1-5,7,9-11H,6,8H2. The van der Waals surface area contributed by atoms with Crippen molar-refractivity contribution in [1.82, 2.24) is 4.90 Å². The quantitative estimate of drug-likeness (QED) is 0.753. The molecule has 21 heavy (non-hydrogen) atoms. The summed E-state index contributed by atoms with van der Waals surface area (Å²) in [4.78, 5) is 8.02. The average molecular weight is 313 g/mol. The van der Waals surface area contributed by atoms with Crippen LogP contribution in [0.2, 0.25) is 5.02 Å². The lowest BCUT2D eigenvalue weighted by atomic mass is 9.96. The molecular formula is C17H13ClN2S. The monoisotopic (exact) mass is 312 g/mol. The molecule has 2 nitrogen and oxygen atoms in total. The number of rotatable bonds is 1. The maximum absolute atomic E-state index is 6.36. The number of aliphatic imine (C=N–C) groups is 1. The zero-order chi connectivity index (χ0) is 14.2. The van der Waals surface area contributed by atoms with Gasteiger partial charge in [0.2, 0.25) is 0 Å². The minimum Gasteiger partial charge on any atom is -0.346 e. The minimum atomic E-state index is 0.857. The van der Waals surface area contributed by atoms with Crippen molar-refractivity contribution in [2.24, 2.45) is 4.99 Å². The van der Waals surface area contributed by atoms with E-state index in [1.54, 1.807) is 11.3 Å². The van der Waals surface area contributed by atoms with Gasteiger partial charge in [-0.05, 0) is 35.6 Å². The van der Waals surface area contributed by atoms with E-state index in [4.69, 9.17) is 11.6 Å². The molecule has 1 aromatic carbocycles. The third kappa shape index (κ3) is 2.23. The summed E-state index contributed by atoms with van der Waals surface area (Å²) >= 11 is 8.07. The molecule has 0 bridgehead atoms. The Morgan fingerprint density at radius 2 is 2.14 bits per heavy atom. The molecule has 1 aromatic heterocycles. The highest BCUT2D eigenvalue weighted by Crippen LogP contribution is 2.34. The number of allylic oxidation sites excluding steroid dienone is 1. The zero-order valence-corrected chi connectivity index (χ0v) is 12.9. The van der Waals surface area contributed by atoms with Crippen LogP contribution in [0.15, 0.2) is 59.2 Å². The molecule has 2 aliphatic rings. The first kappa shape index (κ1) is 12.9. The molecule has 0 aliphatic carbocycles. The van der Waals surface area contributed by atoms with E-state index in [0.717, 1.165) is 23.7 Å². The van der Waals surface area contributed by atoms with Gasteiger partial charge in [0.1, 0.15) is 0 Å². The molecule has 0 saturated heterocycles. The van der Waals surface area contributed by atoms with Crippen LogP contribution in [0, 0.1) is 0 Å². The Hall–Kier alpha value is -1.84. The molecule has 0 amide bonds. The fourth-order valence-electron chi connectivity index (χ4n) is 2.80. The van der Waals surface area contributed by atoms with Gasteiger partial charge in [0.25, 0.3) is 0 Å². The normalized spacial score (nSPS) is 16.7. The molecule has 2 aliphatic heterocycles. The van der Waals surface area contributed by atoms with E-state index in [1.807, 2.05) is 18.3 Å². The van der Waals surface area contributed by atoms with E-state index >= 15 is 0 Å². The third-order valence-corrected chi connectivity index (χ3v) is 5.06. The van der Waals surface area contributed by atoms with Crippen LogP contribution in [0.1, 0.15) is 16.0 Å². The maximum Gasteiger partial charge on any atom is 0.0823 e. The fourth-order valence-corrected chi connectivity index (χ4v) is 3.76. The van der Waals surface area contributed by atoms with Gasteiger partial charge in [0.05, 0.1) is 16.3 Å². The van der Waals surface area contributed by atoms with Crippen LogP contribution in [0.3, 0.4) is 0 Å². The third-order valence-electron chi connectivity index (χ3n) is 3.81. The van der Waals surface area contributed by atoms with E-state index < -0.39 is 0 Å². The molecule has 0 fully saturated rings. The number of thiophene rings is 1. The Morgan fingerprint density at radius 1 is 1.19 bits per heavy atom. The summed E-state index contributed by atoms with van der Waals surface area (Å²) in [7, 11) is 0. The van der Waals surface area contributed by atoms with Gasteiger partial charge in [0.15, 0.2) is 0 Å². The lowest BCUT2D eigenvalue weighted by Gasteiger charge is -2.30. The first-order valence-corrected chi connectivity index (χ1v) is 8.13. The van der Waals surface area contributed by atoms with Gasteiger partial charge < -0.3 is 4.90 Å². The van der Waals surface area contributed by atoms with Crippen molar-refractivity contribution >= 4 is 34.3 Å². The second kappa shape index (κ2) is 5.17. The summed E-state index contributed by atoms with van der Waals surface area (Å²) in [6.07, 6.45) is 7.07. The molecule has 0 spiro atoms. The number of hydrogen-bond acceptors (Lipinski definition) is 3. The first-order chi connectivity index (χ1) is 10.3. The van der Waals surface area contributed by atoms with Gasteiger partial charge in [-0.1, -0.05) is 29.8 Å². The summed E-state index contributed by atoms with van der Waals surface area (Å²) < 4.78 is 0. The average Bonchev–Trinajstić information content (AvgIpc) is 2.94. The van der Waals surface area contributed by atoms with Gasteiger partial charge in [-0.25, -0.2) is 0 Å². The molecule has 0 saturated carbocycles. The van der Waals surface area contributed by atoms with Gasteiger partial charge in [0, 0.05) is 29.5 Å². The highest BCUT2D eigenvalue weighted by atomic mass is 35.5. The Kier molecular flexibility index (Phi) is 3.17. The second-order valence-electron chi connectivity index (χ2n) is 5.03. The highest BCUT2D eigenvalue weighted by Gasteiger charge is 2.23. The van der Waals surface area contributed by atoms with E-state index in [2.05, 4.69) is 45.7 Å². The van der Waals surface area contributed by atoms with Crippen molar-refractivity contribution in [3.8, 4) is 0 Å². The Morgan fingerprint density at radius 3 is 3.00 bits per heavy atom. The van der Waals surface area contributed by atoms with E-state index in [9.17, 15) is 0 Å². The number of halogens is 1. The predicted octanol–water partition coefficient (Wildman–Crippen LogP) is 4.57. The largest absolute Gasteiger partial charge is 0.346 e. The van der Waals surface area contributed by atoms with Crippen molar-refractivity contribution in [2.75, 3.05) is 6.54 Å². The summed E-state index contributed by atoms with van der Waals surface area (Å²) in [5.41, 5.74) is 4.64. The van der Waals surface area contributed by atoms with Crippen LogP contribution in [-0.2, 0) is 6.42 Å². The van der Waals surface area contributed by atoms with Crippen molar-refractivity contribution < 1.29 is 0 Å². The molecule has 4 rings (SSSR count). The number of nitrogens with zero attached hydrogens (tertiary/aromatic N) is 2. The van der Waals surface area contributed by atoms with Gasteiger partial charge in [-0.3, -0.25) is 4.99 Å². The molecule has 0 atom stereocenters. The topological polar surface area (TPSA) is 15.6 Å². The zero-order valence-electron chi connectivity index (χ0n) is 11.3. The van der Waals surface area contributed by atoms with Gasteiger partial charge in [-0.2, -0.15) is 0 Å². The lowest BCUT2D eigenvalue weighted by Crippen LogP contribution is -2.25. The number of hydrogen-bond donors (Lipinski definition) is 0. The smallest absolute Gasteiger partial charge is 0.0823 e.